The molecule has 2 N–H and O–H groups in total. The number of aromatic nitrogens is 1. The quantitative estimate of drug-likeness (QED) is 0.844. The average molecular weight is 296 g/mol. The van der Waals surface area contributed by atoms with Gasteiger partial charge < -0.3 is 15.2 Å². The standard InChI is InChI=1S/C15H21FN2O3/c1-2-6-17-14(15(19)20)11-8-10(16)9-18-13(11)12-5-3-4-7-21-12/h8-9,12,14,17H,2-7H2,1H3,(H,19,20). The van der Waals surface area contributed by atoms with Gasteiger partial charge in [0.2, 0.25) is 0 Å². The van der Waals surface area contributed by atoms with Crippen LogP contribution in [-0.2, 0) is 9.53 Å². The van der Waals surface area contributed by atoms with E-state index < -0.39 is 17.8 Å². The minimum Gasteiger partial charge on any atom is -0.480 e. The number of carboxylic acid groups (broad SMARTS) is 1. The summed E-state index contributed by atoms with van der Waals surface area (Å²) in [6, 6.07) is 0.288. The number of aliphatic carboxylic acids is 1. The first kappa shape index (κ1) is 15.9. The van der Waals surface area contributed by atoms with Gasteiger partial charge in [-0.2, -0.15) is 0 Å². The van der Waals surface area contributed by atoms with Gasteiger partial charge in [-0.05, 0) is 38.3 Å². The Bertz CT molecular complexity index is 490. The Morgan fingerprint density at radius 3 is 3.05 bits per heavy atom. The van der Waals surface area contributed by atoms with E-state index in [0.29, 0.717) is 24.4 Å². The third-order valence-corrected chi connectivity index (χ3v) is 3.56. The number of carboxylic acids is 1. The van der Waals surface area contributed by atoms with Crippen LogP contribution in [0.4, 0.5) is 4.39 Å². The highest BCUT2D eigenvalue weighted by Gasteiger charge is 2.28. The molecule has 1 fully saturated rings. The van der Waals surface area contributed by atoms with Crippen LogP contribution in [0.1, 0.15) is 56.0 Å². The van der Waals surface area contributed by atoms with Crippen LogP contribution < -0.4 is 5.32 Å². The maximum atomic E-state index is 13.5. The van der Waals surface area contributed by atoms with Gasteiger partial charge in [-0.25, -0.2) is 4.39 Å². The minimum atomic E-state index is -1.03. The molecule has 0 bridgehead atoms. The Morgan fingerprint density at radius 1 is 1.62 bits per heavy atom. The molecule has 1 aromatic rings. The fraction of sp³-hybridized carbons (Fsp3) is 0.600. The van der Waals surface area contributed by atoms with E-state index in [1.54, 1.807) is 0 Å². The Balaban J connectivity index is 2.33. The lowest BCUT2D eigenvalue weighted by atomic mass is 9.97. The van der Waals surface area contributed by atoms with Crippen LogP contribution in [0, 0.1) is 5.82 Å². The van der Waals surface area contributed by atoms with Crippen molar-refractivity contribution in [1.29, 1.82) is 0 Å². The van der Waals surface area contributed by atoms with Gasteiger partial charge in [0.25, 0.3) is 0 Å². The summed E-state index contributed by atoms with van der Waals surface area (Å²) < 4.78 is 19.2. The average Bonchev–Trinajstić information content (AvgIpc) is 2.48. The van der Waals surface area contributed by atoms with Crippen LogP contribution >= 0.6 is 0 Å². The van der Waals surface area contributed by atoms with E-state index in [-0.39, 0.29) is 6.10 Å². The third-order valence-electron chi connectivity index (χ3n) is 3.56. The van der Waals surface area contributed by atoms with Crippen molar-refractivity contribution in [3.63, 3.8) is 0 Å². The van der Waals surface area contributed by atoms with E-state index in [1.807, 2.05) is 6.92 Å². The summed E-state index contributed by atoms with van der Waals surface area (Å²) >= 11 is 0. The summed E-state index contributed by atoms with van der Waals surface area (Å²) in [6.45, 7) is 3.11. The molecular formula is C15H21FN2O3. The molecule has 1 aromatic heterocycles. The number of pyridine rings is 1. The van der Waals surface area contributed by atoms with Crippen molar-refractivity contribution in [2.75, 3.05) is 13.2 Å². The molecule has 0 radical (unpaired) electrons. The molecule has 5 nitrogen and oxygen atoms in total. The van der Waals surface area contributed by atoms with Crippen LogP contribution in [0.25, 0.3) is 0 Å². The van der Waals surface area contributed by atoms with Gasteiger partial charge in [-0.15, -0.1) is 0 Å². The number of hydrogen-bond acceptors (Lipinski definition) is 4. The first-order chi connectivity index (χ1) is 10.1. The first-order valence-electron chi connectivity index (χ1n) is 7.36. The van der Waals surface area contributed by atoms with Crippen LogP contribution in [0.3, 0.4) is 0 Å². The Labute approximate surface area is 123 Å². The second kappa shape index (κ2) is 7.47. The summed E-state index contributed by atoms with van der Waals surface area (Å²) in [4.78, 5) is 15.6. The molecule has 1 aliphatic rings. The molecule has 2 rings (SSSR count). The lowest BCUT2D eigenvalue weighted by Gasteiger charge is -2.26. The van der Waals surface area contributed by atoms with Gasteiger partial charge in [-0.1, -0.05) is 6.92 Å². The molecule has 2 heterocycles. The lowest BCUT2D eigenvalue weighted by Crippen LogP contribution is -2.31. The monoisotopic (exact) mass is 296 g/mol. The SMILES string of the molecule is CCCNC(C(=O)O)c1cc(F)cnc1C1CCCCO1. The smallest absolute Gasteiger partial charge is 0.325 e. The number of hydrogen-bond donors (Lipinski definition) is 2. The van der Waals surface area contributed by atoms with Crippen molar-refractivity contribution < 1.29 is 19.0 Å². The highest BCUT2D eigenvalue weighted by molar-refractivity contribution is 5.76. The number of nitrogens with one attached hydrogen (secondary N) is 1. The molecular weight excluding hydrogens is 275 g/mol. The third kappa shape index (κ3) is 3.98. The lowest BCUT2D eigenvalue weighted by molar-refractivity contribution is -0.139. The summed E-state index contributed by atoms with van der Waals surface area (Å²) in [5.74, 6) is -1.57. The van der Waals surface area contributed by atoms with Gasteiger partial charge in [0, 0.05) is 12.2 Å². The number of nitrogens with zero attached hydrogens (tertiary/aromatic N) is 1. The van der Waals surface area contributed by atoms with E-state index in [0.717, 1.165) is 31.9 Å². The van der Waals surface area contributed by atoms with Gasteiger partial charge in [0.15, 0.2) is 0 Å². The normalized spacial score (nSPS) is 20.2. The van der Waals surface area contributed by atoms with E-state index >= 15 is 0 Å². The zero-order valence-corrected chi connectivity index (χ0v) is 12.1. The number of rotatable bonds is 6. The first-order valence-corrected chi connectivity index (χ1v) is 7.36. The van der Waals surface area contributed by atoms with Gasteiger partial charge >= 0.3 is 5.97 Å². The van der Waals surface area contributed by atoms with Crippen molar-refractivity contribution in [3.8, 4) is 0 Å². The zero-order chi connectivity index (χ0) is 15.2. The minimum absolute atomic E-state index is 0.250. The molecule has 0 aliphatic carbocycles. The second-order valence-electron chi connectivity index (χ2n) is 5.21. The fourth-order valence-corrected chi connectivity index (χ4v) is 2.54. The Hall–Kier alpha value is -1.53. The predicted molar refractivity (Wildman–Crippen MR) is 75.4 cm³/mol. The van der Waals surface area contributed by atoms with Crippen molar-refractivity contribution in [2.45, 2.75) is 44.8 Å². The van der Waals surface area contributed by atoms with Crippen LogP contribution in [0.15, 0.2) is 12.3 Å². The molecule has 2 unspecified atom stereocenters. The van der Waals surface area contributed by atoms with Gasteiger partial charge in [0.05, 0.1) is 18.0 Å². The molecule has 0 amide bonds. The largest absolute Gasteiger partial charge is 0.480 e. The highest BCUT2D eigenvalue weighted by atomic mass is 19.1. The van der Waals surface area contributed by atoms with Crippen molar-refractivity contribution in [3.05, 3.63) is 29.3 Å². The number of ether oxygens (including phenoxy) is 1. The zero-order valence-electron chi connectivity index (χ0n) is 12.1. The second-order valence-corrected chi connectivity index (χ2v) is 5.21. The van der Waals surface area contributed by atoms with E-state index in [1.165, 1.54) is 6.07 Å². The molecule has 21 heavy (non-hydrogen) atoms. The molecule has 1 saturated heterocycles. The predicted octanol–water partition coefficient (Wildman–Crippen LogP) is 2.59. The maximum absolute atomic E-state index is 13.5. The molecule has 0 aromatic carbocycles. The molecule has 1 aliphatic heterocycles. The number of carbonyl (C=O) groups is 1. The topological polar surface area (TPSA) is 71.5 Å². The van der Waals surface area contributed by atoms with Gasteiger partial charge in [0.1, 0.15) is 11.9 Å². The van der Waals surface area contributed by atoms with Crippen LogP contribution in [0.5, 0.6) is 0 Å². The van der Waals surface area contributed by atoms with Crippen molar-refractivity contribution in [1.82, 2.24) is 10.3 Å². The summed E-state index contributed by atoms with van der Waals surface area (Å²) in [5, 5.41) is 12.3. The van der Waals surface area contributed by atoms with Crippen molar-refractivity contribution >= 4 is 5.97 Å². The molecule has 2 atom stereocenters. The molecule has 6 heteroatoms. The molecule has 0 spiro atoms. The maximum Gasteiger partial charge on any atom is 0.325 e. The van der Waals surface area contributed by atoms with E-state index in [9.17, 15) is 14.3 Å². The number of halogens is 1. The fourth-order valence-electron chi connectivity index (χ4n) is 2.54. The summed E-state index contributed by atoms with van der Waals surface area (Å²) in [6.07, 6.45) is 4.44. The van der Waals surface area contributed by atoms with E-state index in [4.69, 9.17) is 4.74 Å². The van der Waals surface area contributed by atoms with Crippen molar-refractivity contribution in [2.24, 2.45) is 0 Å². The molecule has 116 valence electrons. The van der Waals surface area contributed by atoms with Gasteiger partial charge in [-0.3, -0.25) is 9.78 Å². The van der Waals surface area contributed by atoms with Crippen LogP contribution in [-0.4, -0.2) is 29.2 Å². The highest BCUT2D eigenvalue weighted by Crippen LogP contribution is 2.31. The molecule has 0 saturated carbocycles. The van der Waals surface area contributed by atoms with Crippen LogP contribution in [0.2, 0.25) is 0 Å². The van der Waals surface area contributed by atoms with E-state index in [2.05, 4.69) is 10.3 Å². The Kier molecular flexibility index (Phi) is 5.64. The summed E-state index contributed by atoms with van der Waals surface area (Å²) in [7, 11) is 0. The Morgan fingerprint density at radius 2 is 2.43 bits per heavy atom. The summed E-state index contributed by atoms with van der Waals surface area (Å²) in [5.41, 5.74) is 0.898.